The maximum atomic E-state index is 12.2. The van der Waals surface area contributed by atoms with E-state index in [0.29, 0.717) is 18.2 Å². The summed E-state index contributed by atoms with van der Waals surface area (Å²) in [4.78, 5) is 4.17. The van der Waals surface area contributed by atoms with Gasteiger partial charge >= 0.3 is 0 Å². The Bertz CT molecular complexity index is 1050. The first-order chi connectivity index (χ1) is 14.0. The fourth-order valence-corrected chi connectivity index (χ4v) is 3.27. The van der Waals surface area contributed by atoms with Gasteiger partial charge in [0, 0.05) is 24.2 Å². The van der Waals surface area contributed by atoms with E-state index in [1.807, 2.05) is 49.4 Å². The third-order valence-electron chi connectivity index (χ3n) is 3.87. The molecule has 3 aromatic rings. The molecule has 6 nitrogen and oxygen atoms in total. The van der Waals surface area contributed by atoms with Gasteiger partial charge in [-0.2, -0.15) is 0 Å². The Kier molecular flexibility index (Phi) is 6.99. The first kappa shape index (κ1) is 20.6. The lowest BCUT2D eigenvalue weighted by atomic mass is 10.2. The molecule has 1 aromatic heterocycles. The van der Waals surface area contributed by atoms with E-state index in [-0.39, 0.29) is 6.54 Å². The maximum Gasteiger partial charge on any atom is 0.234 e. The zero-order valence-electron chi connectivity index (χ0n) is 16.0. The van der Waals surface area contributed by atoms with Gasteiger partial charge in [-0.25, -0.2) is 18.1 Å². The third-order valence-corrected chi connectivity index (χ3v) is 4.91. The molecule has 0 spiro atoms. The molecule has 150 valence electrons. The summed E-state index contributed by atoms with van der Waals surface area (Å²) < 4.78 is 38.0. The van der Waals surface area contributed by atoms with Crippen LogP contribution in [-0.4, -0.2) is 20.0 Å². The van der Waals surface area contributed by atoms with E-state index in [4.69, 9.17) is 9.47 Å². The predicted molar refractivity (Wildman–Crippen MR) is 113 cm³/mol. The molecule has 0 amide bonds. The molecule has 0 fully saturated rings. The quantitative estimate of drug-likeness (QED) is 0.567. The van der Waals surface area contributed by atoms with E-state index < -0.39 is 10.0 Å². The van der Waals surface area contributed by atoms with Gasteiger partial charge in [-0.05, 0) is 54.5 Å². The summed E-state index contributed by atoms with van der Waals surface area (Å²) in [6.07, 6.45) is 3.13. The number of nitrogens with one attached hydrogen (secondary N) is 1. The number of ether oxygens (including phenoxy) is 2. The van der Waals surface area contributed by atoms with Crippen LogP contribution < -0.4 is 14.2 Å². The SMILES string of the molecule is CCOc1ccc(Oc2cc(CNS(=O)(=O)/C=C/c3ccccc3)ccn2)cc1. The monoisotopic (exact) mass is 410 g/mol. The lowest BCUT2D eigenvalue weighted by Crippen LogP contribution is -2.20. The topological polar surface area (TPSA) is 77.5 Å². The molecule has 0 unspecified atom stereocenters. The van der Waals surface area contributed by atoms with Crippen molar-refractivity contribution < 1.29 is 17.9 Å². The van der Waals surface area contributed by atoms with Crippen molar-refractivity contribution >= 4 is 16.1 Å². The molecule has 0 radical (unpaired) electrons. The first-order valence-corrected chi connectivity index (χ1v) is 10.7. The van der Waals surface area contributed by atoms with Crippen molar-refractivity contribution in [2.75, 3.05) is 6.61 Å². The molecule has 3 rings (SSSR count). The molecular formula is C22H22N2O4S. The van der Waals surface area contributed by atoms with Crippen molar-refractivity contribution in [3.05, 3.63) is 89.5 Å². The Morgan fingerprint density at radius 3 is 2.45 bits per heavy atom. The lowest BCUT2D eigenvalue weighted by Gasteiger charge is -2.08. The second-order valence-electron chi connectivity index (χ2n) is 6.09. The molecule has 0 bridgehead atoms. The van der Waals surface area contributed by atoms with Crippen LogP contribution in [0.1, 0.15) is 18.1 Å². The Hall–Kier alpha value is -3.16. The molecule has 0 saturated carbocycles. The molecule has 29 heavy (non-hydrogen) atoms. The fraction of sp³-hybridized carbons (Fsp3) is 0.136. The summed E-state index contributed by atoms with van der Waals surface area (Å²) in [5.41, 5.74) is 1.55. The zero-order chi connectivity index (χ0) is 20.5. The van der Waals surface area contributed by atoms with Crippen LogP contribution in [0, 0.1) is 0 Å². The molecule has 0 atom stereocenters. The molecule has 0 saturated heterocycles. The number of sulfonamides is 1. The molecule has 1 N–H and O–H groups in total. The molecule has 7 heteroatoms. The van der Waals surface area contributed by atoms with Gasteiger partial charge in [0.15, 0.2) is 0 Å². The number of rotatable bonds is 9. The maximum absolute atomic E-state index is 12.2. The average Bonchev–Trinajstić information content (AvgIpc) is 2.74. The molecule has 0 aliphatic rings. The van der Waals surface area contributed by atoms with Gasteiger partial charge in [-0.1, -0.05) is 30.3 Å². The molecule has 0 aliphatic heterocycles. The summed E-state index contributed by atoms with van der Waals surface area (Å²) in [6.45, 7) is 2.65. The van der Waals surface area contributed by atoms with Crippen molar-refractivity contribution in [2.45, 2.75) is 13.5 Å². The highest BCUT2D eigenvalue weighted by atomic mass is 32.2. The van der Waals surface area contributed by atoms with E-state index in [2.05, 4.69) is 9.71 Å². The van der Waals surface area contributed by atoms with Crippen molar-refractivity contribution in [1.82, 2.24) is 9.71 Å². The van der Waals surface area contributed by atoms with E-state index in [0.717, 1.165) is 22.3 Å². The summed E-state index contributed by atoms with van der Waals surface area (Å²) in [6, 6.07) is 19.9. The van der Waals surface area contributed by atoms with Crippen LogP contribution in [0.25, 0.3) is 6.08 Å². The second kappa shape index (κ2) is 9.86. The highest BCUT2D eigenvalue weighted by Crippen LogP contribution is 2.23. The van der Waals surface area contributed by atoms with E-state index >= 15 is 0 Å². The fourth-order valence-electron chi connectivity index (χ4n) is 2.47. The summed E-state index contributed by atoms with van der Waals surface area (Å²) >= 11 is 0. The number of aromatic nitrogens is 1. The minimum atomic E-state index is -3.57. The van der Waals surface area contributed by atoms with Crippen LogP contribution in [0.15, 0.2) is 78.3 Å². The van der Waals surface area contributed by atoms with E-state index in [1.54, 1.807) is 36.5 Å². The van der Waals surface area contributed by atoms with Gasteiger partial charge in [0.1, 0.15) is 11.5 Å². The Morgan fingerprint density at radius 2 is 1.72 bits per heavy atom. The van der Waals surface area contributed by atoms with Gasteiger partial charge < -0.3 is 9.47 Å². The number of pyridine rings is 1. The van der Waals surface area contributed by atoms with Gasteiger partial charge in [-0.3, -0.25) is 0 Å². The average molecular weight is 410 g/mol. The van der Waals surface area contributed by atoms with Crippen molar-refractivity contribution in [2.24, 2.45) is 0 Å². The molecule has 1 heterocycles. The standard InChI is InChI=1S/C22H22N2O4S/c1-2-27-20-8-10-21(11-9-20)28-22-16-19(12-14-23-22)17-24-29(25,26)15-13-18-6-4-3-5-7-18/h3-16,24H,2,17H2,1H3/b15-13+. The Morgan fingerprint density at radius 1 is 1.00 bits per heavy atom. The van der Waals surface area contributed by atoms with Gasteiger partial charge in [0.25, 0.3) is 0 Å². The zero-order valence-corrected chi connectivity index (χ0v) is 16.8. The normalized spacial score (nSPS) is 11.5. The predicted octanol–water partition coefficient (Wildman–Crippen LogP) is 4.36. The number of nitrogens with zero attached hydrogens (tertiary/aromatic N) is 1. The van der Waals surface area contributed by atoms with Crippen LogP contribution in [-0.2, 0) is 16.6 Å². The van der Waals surface area contributed by atoms with Crippen LogP contribution in [0.3, 0.4) is 0 Å². The first-order valence-electron chi connectivity index (χ1n) is 9.12. The molecule has 2 aromatic carbocycles. The summed E-state index contributed by atoms with van der Waals surface area (Å²) in [7, 11) is -3.57. The number of hydrogen-bond donors (Lipinski definition) is 1. The van der Waals surface area contributed by atoms with Crippen LogP contribution in [0.5, 0.6) is 17.4 Å². The highest BCUT2D eigenvalue weighted by Gasteiger charge is 2.07. The second-order valence-corrected chi connectivity index (χ2v) is 7.74. The molecular weight excluding hydrogens is 388 g/mol. The van der Waals surface area contributed by atoms with Crippen molar-refractivity contribution in [1.29, 1.82) is 0 Å². The van der Waals surface area contributed by atoms with Crippen LogP contribution in [0.2, 0.25) is 0 Å². The lowest BCUT2D eigenvalue weighted by molar-refractivity contribution is 0.339. The Labute approximate surface area is 170 Å². The van der Waals surface area contributed by atoms with Crippen LogP contribution >= 0.6 is 0 Å². The van der Waals surface area contributed by atoms with Crippen LogP contribution in [0.4, 0.5) is 0 Å². The third kappa shape index (κ3) is 6.74. The summed E-state index contributed by atoms with van der Waals surface area (Å²) in [5, 5.41) is 1.15. The number of benzene rings is 2. The van der Waals surface area contributed by atoms with Gasteiger partial charge in [-0.15, -0.1) is 0 Å². The Balaban J connectivity index is 1.60. The molecule has 0 aliphatic carbocycles. The van der Waals surface area contributed by atoms with Gasteiger partial charge in [0.2, 0.25) is 15.9 Å². The number of hydrogen-bond acceptors (Lipinski definition) is 5. The largest absolute Gasteiger partial charge is 0.494 e. The van der Waals surface area contributed by atoms with Gasteiger partial charge in [0.05, 0.1) is 6.61 Å². The smallest absolute Gasteiger partial charge is 0.234 e. The van der Waals surface area contributed by atoms with Crippen molar-refractivity contribution in [3.63, 3.8) is 0 Å². The minimum absolute atomic E-state index is 0.129. The van der Waals surface area contributed by atoms with E-state index in [9.17, 15) is 8.42 Å². The highest BCUT2D eigenvalue weighted by molar-refractivity contribution is 7.92. The van der Waals surface area contributed by atoms with Crippen molar-refractivity contribution in [3.8, 4) is 17.4 Å². The van der Waals surface area contributed by atoms with E-state index in [1.165, 1.54) is 0 Å². The minimum Gasteiger partial charge on any atom is -0.494 e. The summed E-state index contributed by atoms with van der Waals surface area (Å²) in [5.74, 6) is 1.76.